The summed E-state index contributed by atoms with van der Waals surface area (Å²) in [6, 6.07) is 32.8. The zero-order valence-electron chi connectivity index (χ0n) is 23.7. The lowest BCUT2D eigenvalue weighted by atomic mass is 9.38. The average molecular weight is 599 g/mol. The van der Waals surface area contributed by atoms with Crippen molar-refractivity contribution >= 4 is 37.7 Å². The van der Waals surface area contributed by atoms with Crippen LogP contribution in [0.15, 0.2) is 89.4 Å². The lowest BCUT2D eigenvalue weighted by Gasteiger charge is -2.66. The van der Waals surface area contributed by atoms with Crippen LogP contribution >= 0.6 is 15.9 Å². The van der Waals surface area contributed by atoms with Crippen LogP contribution in [0.5, 0.6) is 0 Å². The van der Waals surface area contributed by atoms with Gasteiger partial charge in [-0.15, -0.1) is 0 Å². The molecule has 8 unspecified atom stereocenters. The fraction of sp³-hybridized carbons (Fsp3) is 0.385. The van der Waals surface area contributed by atoms with Gasteiger partial charge in [0.05, 0.1) is 11.0 Å². The first-order valence-corrected chi connectivity index (χ1v) is 16.9. The van der Waals surface area contributed by atoms with Gasteiger partial charge in [-0.2, -0.15) is 0 Å². The van der Waals surface area contributed by atoms with E-state index in [1.807, 2.05) is 0 Å². The van der Waals surface area contributed by atoms with Crippen LogP contribution in [0.4, 0.5) is 0 Å². The van der Waals surface area contributed by atoms with Crippen molar-refractivity contribution in [1.29, 1.82) is 0 Å². The molecule has 4 bridgehead atoms. The molecule has 1 heterocycles. The number of para-hydroxylation sites is 1. The third kappa shape index (κ3) is 2.89. The van der Waals surface area contributed by atoms with Gasteiger partial charge in [-0.05, 0) is 145 Å². The van der Waals surface area contributed by atoms with E-state index in [1.165, 1.54) is 77.1 Å². The van der Waals surface area contributed by atoms with Crippen LogP contribution in [-0.2, 0) is 5.41 Å². The second-order valence-corrected chi connectivity index (χ2v) is 15.3. The Bertz CT molecular complexity index is 1880. The van der Waals surface area contributed by atoms with E-state index in [0.717, 1.165) is 45.9 Å². The number of nitrogens with zero attached hydrogens (tertiary/aromatic N) is 1. The summed E-state index contributed by atoms with van der Waals surface area (Å²) < 4.78 is 3.66. The molecule has 4 fully saturated rings. The quantitative estimate of drug-likeness (QED) is 0.181. The minimum atomic E-state index is 0.154. The van der Waals surface area contributed by atoms with Gasteiger partial charge in [-0.3, -0.25) is 0 Å². The maximum Gasteiger partial charge on any atom is 0.0547 e. The molecule has 8 atom stereocenters. The third-order valence-corrected chi connectivity index (χ3v) is 13.3. The van der Waals surface area contributed by atoms with Gasteiger partial charge >= 0.3 is 0 Å². The molecule has 2 heteroatoms. The molecule has 0 radical (unpaired) electrons. The summed E-state index contributed by atoms with van der Waals surface area (Å²) in [5.41, 5.74) is 10.4. The summed E-state index contributed by atoms with van der Waals surface area (Å²) in [6.45, 7) is 2.64. The second kappa shape index (κ2) is 8.16. The fourth-order valence-electron chi connectivity index (χ4n) is 11.8. The van der Waals surface area contributed by atoms with Crippen LogP contribution in [0.3, 0.4) is 0 Å². The molecular formula is C39H36BrN. The number of halogens is 1. The molecule has 4 aromatic carbocycles. The summed E-state index contributed by atoms with van der Waals surface area (Å²) in [6.07, 6.45) is 8.79. The Kier molecular flexibility index (Phi) is 4.72. The molecule has 0 N–H and O–H groups in total. The molecule has 1 nitrogen and oxygen atoms in total. The monoisotopic (exact) mass is 597 g/mol. The van der Waals surface area contributed by atoms with Crippen molar-refractivity contribution in [3.8, 4) is 16.8 Å². The summed E-state index contributed by atoms with van der Waals surface area (Å²) in [4.78, 5) is 0. The van der Waals surface area contributed by atoms with Gasteiger partial charge in [0.1, 0.15) is 0 Å². The minimum absolute atomic E-state index is 0.154. The van der Waals surface area contributed by atoms with Gasteiger partial charge in [0.15, 0.2) is 0 Å². The molecule has 10 rings (SSSR count). The van der Waals surface area contributed by atoms with Gasteiger partial charge in [0.25, 0.3) is 0 Å². The predicted octanol–water partition coefficient (Wildman–Crippen LogP) is 10.5. The maximum absolute atomic E-state index is 3.83. The first-order valence-electron chi connectivity index (χ1n) is 16.1. The molecule has 4 saturated carbocycles. The molecule has 41 heavy (non-hydrogen) atoms. The molecule has 1 aromatic heterocycles. The van der Waals surface area contributed by atoms with Crippen LogP contribution in [0.1, 0.15) is 56.6 Å². The molecule has 5 aliphatic carbocycles. The molecule has 0 aliphatic heterocycles. The highest BCUT2D eigenvalue weighted by Crippen LogP contribution is 2.72. The van der Waals surface area contributed by atoms with Crippen molar-refractivity contribution < 1.29 is 0 Å². The van der Waals surface area contributed by atoms with E-state index < -0.39 is 0 Å². The van der Waals surface area contributed by atoms with E-state index in [0.29, 0.717) is 0 Å². The largest absolute Gasteiger partial charge is 0.309 e. The van der Waals surface area contributed by atoms with E-state index >= 15 is 0 Å². The van der Waals surface area contributed by atoms with Gasteiger partial charge in [0, 0.05) is 26.3 Å². The number of benzene rings is 4. The van der Waals surface area contributed by atoms with E-state index in [2.05, 4.69) is 112 Å². The van der Waals surface area contributed by atoms with Crippen LogP contribution in [0.2, 0.25) is 0 Å². The van der Waals surface area contributed by atoms with Gasteiger partial charge in [-0.1, -0.05) is 65.3 Å². The number of aromatic nitrogens is 1. The summed E-state index contributed by atoms with van der Waals surface area (Å²) in [5, 5.41) is 2.77. The number of hydrogen-bond donors (Lipinski definition) is 0. The highest BCUT2D eigenvalue weighted by atomic mass is 79.9. The first-order chi connectivity index (χ1) is 20.1. The van der Waals surface area contributed by atoms with E-state index in [-0.39, 0.29) is 5.41 Å². The number of fused-ring (bicyclic) bond motifs is 12. The SMILES string of the molecule is CC1CC2CC3CCC4CC3C(C2)C1C41c2ccccc2-c2cc3c(cc21)c1cc(Br)ccc1n3-c1ccccc1. The topological polar surface area (TPSA) is 4.93 Å². The van der Waals surface area contributed by atoms with Crippen molar-refractivity contribution in [1.82, 2.24) is 4.57 Å². The minimum Gasteiger partial charge on any atom is -0.309 e. The Morgan fingerprint density at radius 3 is 2.44 bits per heavy atom. The zero-order chi connectivity index (χ0) is 27.0. The van der Waals surface area contributed by atoms with Crippen molar-refractivity contribution in [3.05, 3.63) is 101 Å². The van der Waals surface area contributed by atoms with Gasteiger partial charge in [0.2, 0.25) is 0 Å². The summed E-state index contributed by atoms with van der Waals surface area (Å²) in [5.74, 6) is 6.15. The average Bonchev–Trinajstić information content (AvgIpc) is 3.46. The standard InChI is InChI=1S/C39H36BrN/c1-22-15-23-16-24-11-12-25-18-29(24)33(17-23)38(22)39(25)34-10-6-5-9-28(34)30-21-37-32(20-35(30)39)31-19-26(40)13-14-36(31)41(37)27-7-3-2-4-8-27/h2-10,13-14,19-25,29,33,38H,11-12,15-18H2,1H3. The molecule has 5 aromatic rings. The Hall–Kier alpha value is -2.84. The molecule has 0 amide bonds. The lowest BCUT2D eigenvalue weighted by Crippen LogP contribution is -2.61. The normalized spacial score (nSPS) is 34.3. The Balaban J connectivity index is 1.33. The molecule has 5 aliphatic rings. The Morgan fingerprint density at radius 2 is 1.54 bits per heavy atom. The smallest absolute Gasteiger partial charge is 0.0547 e. The van der Waals surface area contributed by atoms with Crippen LogP contribution < -0.4 is 0 Å². The molecule has 0 saturated heterocycles. The predicted molar refractivity (Wildman–Crippen MR) is 173 cm³/mol. The Morgan fingerprint density at radius 1 is 0.707 bits per heavy atom. The van der Waals surface area contributed by atoms with E-state index in [1.54, 1.807) is 11.1 Å². The van der Waals surface area contributed by atoms with Crippen molar-refractivity contribution in [2.24, 2.45) is 41.4 Å². The lowest BCUT2D eigenvalue weighted by molar-refractivity contribution is -0.124. The maximum atomic E-state index is 3.83. The highest BCUT2D eigenvalue weighted by molar-refractivity contribution is 9.10. The second-order valence-electron chi connectivity index (χ2n) is 14.3. The van der Waals surface area contributed by atoms with Gasteiger partial charge < -0.3 is 4.57 Å². The van der Waals surface area contributed by atoms with Crippen LogP contribution in [-0.4, -0.2) is 4.57 Å². The van der Waals surface area contributed by atoms with Crippen molar-refractivity contribution in [2.45, 2.75) is 50.9 Å². The fourth-order valence-corrected chi connectivity index (χ4v) is 12.2. The summed E-state index contributed by atoms with van der Waals surface area (Å²) >= 11 is 3.83. The molecular weight excluding hydrogens is 562 g/mol. The van der Waals surface area contributed by atoms with E-state index in [4.69, 9.17) is 0 Å². The van der Waals surface area contributed by atoms with Gasteiger partial charge in [-0.25, -0.2) is 0 Å². The first kappa shape index (κ1) is 23.7. The van der Waals surface area contributed by atoms with Crippen LogP contribution in [0, 0.1) is 41.4 Å². The molecule has 1 spiro atoms. The van der Waals surface area contributed by atoms with E-state index in [9.17, 15) is 0 Å². The zero-order valence-corrected chi connectivity index (χ0v) is 25.3. The molecule has 204 valence electrons. The Labute approximate surface area is 251 Å². The summed E-state index contributed by atoms with van der Waals surface area (Å²) in [7, 11) is 0. The van der Waals surface area contributed by atoms with Crippen LogP contribution in [0.25, 0.3) is 38.6 Å². The van der Waals surface area contributed by atoms with Crippen molar-refractivity contribution in [2.75, 3.05) is 0 Å². The number of hydrogen-bond acceptors (Lipinski definition) is 0. The highest BCUT2D eigenvalue weighted by Gasteiger charge is 2.65. The van der Waals surface area contributed by atoms with Crippen molar-refractivity contribution in [3.63, 3.8) is 0 Å². The number of rotatable bonds is 1. The third-order valence-electron chi connectivity index (χ3n) is 12.8.